The number of carbonyl (C=O) groups excluding carboxylic acids is 1. The molecule has 0 spiro atoms. The smallest absolute Gasteiger partial charge is 0.475 e. The molecule has 0 atom stereocenters. The Morgan fingerprint density at radius 2 is 1.88 bits per heavy atom. The number of nitrogens with zero attached hydrogens (tertiary/aromatic N) is 3. The fourth-order valence-corrected chi connectivity index (χ4v) is 3.74. The summed E-state index contributed by atoms with van der Waals surface area (Å²) in [7, 11) is 0. The highest BCUT2D eigenvalue weighted by Gasteiger charge is 2.38. The predicted octanol–water partition coefficient (Wildman–Crippen LogP) is 3.59. The van der Waals surface area contributed by atoms with E-state index in [1.165, 1.54) is 5.56 Å². The normalized spacial score (nSPS) is 14.5. The van der Waals surface area contributed by atoms with Crippen LogP contribution in [0.5, 0.6) is 0 Å². The number of aromatic nitrogens is 3. The SMILES string of the molecule is O=C(O)C(F)(F)F.O=C1NCCn2nc3c(c21)CCc1cnc(C=Cc2ccccc2)cc1-3. The van der Waals surface area contributed by atoms with Crippen LogP contribution in [0.1, 0.15) is 32.9 Å². The second-order valence-electron chi connectivity index (χ2n) is 7.47. The van der Waals surface area contributed by atoms with E-state index in [0.29, 0.717) is 6.54 Å². The minimum atomic E-state index is -5.08. The van der Waals surface area contributed by atoms with Crippen molar-refractivity contribution in [2.45, 2.75) is 25.6 Å². The van der Waals surface area contributed by atoms with E-state index < -0.39 is 12.1 Å². The van der Waals surface area contributed by atoms with Gasteiger partial charge in [0, 0.05) is 23.9 Å². The summed E-state index contributed by atoms with van der Waals surface area (Å²) in [5.74, 6) is -2.76. The Labute approximate surface area is 186 Å². The van der Waals surface area contributed by atoms with Crippen molar-refractivity contribution >= 4 is 24.0 Å². The van der Waals surface area contributed by atoms with Crippen molar-refractivity contribution in [2.24, 2.45) is 0 Å². The van der Waals surface area contributed by atoms with Crippen LogP contribution in [0.15, 0.2) is 42.6 Å². The molecule has 0 saturated heterocycles. The van der Waals surface area contributed by atoms with Gasteiger partial charge >= 0.3 is 12.1 Å². The number of aliphatic carboxylic acids is 1. The Bertz CT molecular complexity index is 1230. The van der Waals surface area contributed by atoms with Gasteiger partial charge in [-0.05, 0) is 36.1 Å². The number of nitrogens with one attached hydrogen (secondary N) is 1. The van der Waals surface area contributed by atoms with Crippen LogP contribution in [0.3, 0.4) is 0 Å². The largest absolute Gasteiger partial charge is 0.490 e. The van der Waals surface area contributed by atoms with Gasteiger partial charge in [-0.25, -0.2) is 4.79 Å². The molecule has 0 bridgehead atoms. The summed E-state index contributed by atoms with van der Waals surface area (Å²) in [6.45, 7) is 1.37. The highest BCUT2D eigenvalue weighted by molar-refractivity contribution is 5.97. The molecule has 10 heteroatoms. The van der Waals surface area contributed by atoms with Crippen LogP contribution < -0.4 is 5.32 Å². The van der Waals surface area contributed by atoms with E-state index in [0.717, 1.165) is 53.2 Å². The molecule has 2 aliphatic rings. The lowest BCUT2D eigenvalue weighted by Gasteiger charge is -2.17. The molecule has 1 amide bonds. The number of alkyl halides is 3. The van der Waals surface area contributed by atoms with Crippen molar-refractivity contribution in [3.8, 4) is 11.3 Å². The second kappa shape index (κ2) is 8.89. The summed E-state index contributed by atoms with van der Waals surface area (Å²) in [6.07, 6.45) is 2.67. The van der Waals surface area contributed by atoms with Crippen molar-refractivity contribution in [3.63, 3.8) is 0 Å². The average molecular weight is 456 g/mol. The first-order chi connectivity index (χ1) is 15.7. The molecule has 0 saturated carbocycles. The van der Waals surface area contributed by atoms with Gasteiger partial charge in [0.1, 0.15) is 5.69 Å². The molecule has 7 nitrogen and oxygen atoms in total. The van der Waals surface area contributed by atoms with Crippen LogP contribution >= 0.6 is 0 Å². The van der Waals surface area contributed by atoms with E-state index in [9.17, 15) is 18.0 Å². The van der Waals surface area contributed by atoms with E-state index >= 15 is 0 Å². The molecule has 5 rings (SSSR count). The second-order valence-corrected chi connectivity index (χ2v) is 7.47. The van der Waals surface area contributed by atoms with E-state index in [-0.39, 0.29) is 5.91 Å². The minimum absolute atomic E-state index is 0.00768. The highest BCUT2D eigenvalue weighted by atomic mass is 19.4. The lowest BCUT2D eigenvalue weighted by Crippen LogP contribution is -2.36. The first-order valence-corrected chi connectivity index (χ1v) is 10.1. The fourth-order valence-electron chi connectivity index (χ4n) is 3.74. The van der Waals surface area contributed by atoms with Crippen LogP contribution in [0, 0.1) is 0 Å². The van der Waals surface area contributed by atoms with Gasteiger partial charge in [0.2, 0.25) is 0 Å². The molecule has 1 aliphatic carbocycles. The number of carboxylic acids is 1. The molecule has 33 heavy (non-hydrogen) atoms. The first kappa shape index (κ1) is 22.3. The van der Waals surface area contributed by atoms with E-state index in [2.05, 4.69) is 34.6 Å². The quantitative estimate of drug-likeness (QED) is 0.614. The van der Waals surface area contributed by atoms with E-state index in [1.54, 1.807) is 0 Å². The lowest BCUT2D eigenvalue weighted by atomic mass is 9.89. The van der Waals surface area contributed by atoms with Crippen molar-refractivity contribution < 1.29 is 27.9 Å². The summed E-state index contributed by atoms with van der Waals surface area (Å²) in [5.41, 5.74) is 7.08. The molecule has 2 aromatic heterocycles. The third-order valence-electron chi connectivity index (χ3n) is 5.27. The average Bonchev–Trinajstić information content (AvgIpc) is 3.18. The number of hydrogen-bond acceptors (Lipinski definition) is 4. The number of halogens is 3. The molecule has 3 aromatic rings. The third-order valence-corrected chi connectivity index (χ3v) is 5.27. The number of pyridine rings is 1. The van der Waals surface area contributed by atoms with Crippen LogP contribution in [-0.4, -0.2) is 44.5 Å². The maximum absolute atomic E-state index is 12.3. The maximum atomic E-state index is 12.3. The molecule has 170 valence electrons. The fraction of sp³-hybridized carbons (Fsp3) is 0.217. The number of carboxylic acid groups (broad SMARTS) is 1. The summed E-state index contributed by atoms with van der Waals surface area (Å²) < 4.78 is 33.6. The summed E-state index contributed by atoms with van der Waals surface area (Å²) in [4.78, 5) is 25.7. The predicted molar refractivity (Wildman–Crippen MR) is 114 cm³/mol. The monoisotopic (exact) mass is 456 g/mol. The molecular formula is C23H19F3N4O3. The number of carbonyl (C=O) groups is 2. The molecule has 2 N–H and O–H groups in total. The van der Waals surface area contributed by atoms with Crippen molar-refractivity contribution in [1.82, 2.24) is 20.1 Å². The van der Waals surface area contributed by atoms with Gasteiger partial charge in [-0.3, -0.25) is 14.5 Å². The lowest BCUT2D eigenvalue weighted by molar-refractivity contribution is -0.192. The molecule has 3 heterocycles. The Morgan fingerprint density at radius 3 is 2.58 bits per heavy atom. The van der Waals surface area contributed by atoms with Crippen molar-refractivity contribution in [2.75, 3.05) is 6.54 Å². The maximum Gasteiger partial charge on any atom is 0.490 e. The molecule has 0 unspecified atom stereocenters. The van der Waals surface area contributed by atoms with E-state index in [1.807, 2.05) is 35.2 Å². The zero-order valence-corrected chi connectivity index (χ0v) is 17.3. The van der Waals surface area contributed by atoms with Crippen LogP contribution in [0.2, 0.25) is 0 Å². The zero-order chi connectivity index (χ0) is 23.6. The number of rotatable bonds is 2. The topological polar surface area (TPSA) is 97.1 Å². The van der Waals surface area contributed by atoms with Crippen molar-refractivity contribution in [3.05, 3.63) is 70.7 Å². The van der Waals surface area contributed by atoms with Crippen LogP contribution in [0.25, 0.3) is 23.4 Å². The molecule has 0 radical (unpaired) electrons. The first-order valence-electron chi connectivity index (χ1n) is 10.1. The summed E-state index contributed by atoms with van der Waals surface area (Å²) in [5, 5.41) is 14.8. The van der Waals surface area contributed by atoms with Crippen LogP contribution in [-0.2, 0) is 24.2 Å². The van der Waals surface area contributed by atoms with Gasteiger partial charge in [0.15, 0.2) is 0 Å². The Hall–Kier alpha value is -3.95. The Kier molecular flexibility index (Phi) is 5.99. The molecule has 1 aromatic carbocycles. The van der Waals surface area contributed by atoms with Crippen molar-refractivity contribution in [1.29, 1.82) is 0 Å². The van der Waals surface area contributed by atoms with E-state index in [4.69, 9.17) is 15.0 Å². The minimum Gasteiger partial charge on any atom is -0.475 e. The molecular weight excluding hydrogens is 437 g/mol. The molecule has 1 aliphatic heterocycles. The molecule has 0 fully saturated rings. The number of benzene rings is 1. The number of aryl methyl sites for hydroxylation is 1. The standard InChI is InChI=1S/C21H18N4O.C2HF3O2/c26-21-20-17-9-7-15-13-23-16(8-6-14-4-2-1-3-5-14)12-18(15)19(17)24-25(20)11-10-22-21;3-2(4,5)1(6)7/h1-6,8,12-13H,7,9-11H2,(H,22,26);(H,6,7). The summed E-state index contributed by atoms with van der Waals surface area (Å²) >= 11 is 0. The number of amides is 1. The van der Waals surface area contributed by atoms with Gasteiger partial charge in [-0.15, -0.1) is 0 Å². The number of fused-ring (bicyclic) bond motifs is 5. The third kappa shape index (κ3) is 4.79. The van der Waals surface area contributed by atoms with Gasteiger partial charge in [-0.2, -0.15) is 18.3 Å². The number of hydrogen-bond donors (Lipinski definition) is 2. The Morgan fingerprint density at radius 1 is 1.15 bits per heavy atom. The van der Waals surface area contributed by atoms with Crippen LogP contribution in [0.4, 0.5) is 13.2 Å². The van der Waals surface area contributed by atoms with Gasteiger partial charge in [0.05, 0.1) is 17.9 Å². The Balaban J connectivity index is 0.000000325. The van der Waals surface area contributed by atoms with Gasteiger partial charge in [-0.1, -0.05) is 36.4 Å². The zero-order valence-electron chi connectivity index (χ0n) is 17.3. The van der Waals surface area contributed by atoms with Gasteiger partial charge in [0.25, 0.3) is 5.91 Å². The summed E-state index contributed by atoms with van der Waals surface area (Å²) in [6, 6.07) is 12.3. The van der Waals surface area contributed by atoms with Gasteiger partial charge < -0.3 is 10.4 Å². The highest BCUT2D eigenvalue weighted by Crippen LogP contribution is 2.35.